The smallest absolute Gasteiger partial charge is 0.408 e. The lowest BCUT2D eigenvalue weighted by atomic mass is 10.1. The molecule has 2 aromatic rings. The minimum absolute atomic E-state index is 0.334. The molecule has 0 radical (unpaired) electrons. The minimum atomic E-state index is -0.758. The number of carbonyl (C=O) groups is 2. The third-order valence-corrected chi connectivity index (χ3v) is 3.64. The lowest BCUT2D eigenvalue weighted by molar-refractivity contribution is -0.118. The summed E-state index contributed by atoms with van der Waals surface area (Å²) in [4.78, 5) is 28.6. The number of thiazole rings is 1. The van der Waals surface area contributed by atoms with Crippen LogP contribution in [-0.4, -0.2) is 28.6 Å². The largest absolute Gasteiger partial charge is 0.444 e. The molecule has 1 aromatic heterocycles. The van der Waals surface area contributed by atoms with Crippen LogP contribution in [0.25, 0.3) is 0 Å². The summed E-state index contributed by atoms with van der Waals surface area (Å²) >= 11 is 1.32. The molecule has 7 heteroatoms. The normalized spacial score (nSPS) is 12.3. The lowest BCUT2D eigenvalue weighted by Gasteiger charge is -2.23. The molecule has 0 fully saturated rings. The quantitative estimate of drug-likeness (QED) is 0.870. The fourth-order valence-electron chi connectivity index (χ4n) is 1.99. The Morgan fingerprint density at radius 2 is 1.96 bits per heavy atom. The second kappa shape index (κ2) is 7.92. The molecule has 24 heavy (non-hydrogen) atoms. The van der Waals surface area contributed by atoms with Crippen molar-refractivity contribution in [3.8, 4) is 0 Å². The average molecular weight is 347 g/mol. The summed E-state index contributed by atoms with van der Waals surface area (Å²) in [6.45, 7) is 5.32. The molecule has 1 atom stereocenters. The van der Waals surface area contributed by atoms with Crippen molar-refractivity contribution < 1.29 is 14.3 Å². The Morgan fingerprint density at radius 1 is 1.25 bits per heavy atom. The Morgan fingerprint density at radius 3 is 2.54 bits per heavy atom. The van der Waals surface area contributed by atoms with E-state index in [-0.39, 0.29) is 5.91 Å². The summed E-state index contributed by atoms with van der Waals surface area (Å²) in [6.07, 6.45) is 1.34. The van der Waals surface area contributed by atoms with Gasteiger partial charge < -0.3 is 15.4 Å². The van der Waals surface area contributed by atoms with Crippen LogP contribution in [0.3, 0.4) is 0 Å². The maximum Gasteiger partial charge on any atom is 0.408 e. The molecule has 1 heterocycles. The number of carbonyl (C=O) groups excluding carboxylic acids is 2. The fourth-order valence-corrected chi connectivity index (χ4v) is 2.52. The van der Waals surface area contributed by atoms with Crippen LogP contribution in [0.2, 0.25) is 0 Å². The predicted octanol–water partition coefficient (Wildman–Crippen LogP) is 3.22. The number of ether oxygens (including phenoxy) is 1. The van der Waals surface area contributed by atoms with E-state index in [4.69, 9.17) is 4.74 Å². The summed E-state index contributed by atoms with van der Waals surface area (Å²) in [5.74, 6) is -0.334. The predicted molar refractivity (Wildman–Crippen MR) is 94.0 cm³/mol. The third-order valence-electron chi connectivity index (χ3n) is 2.95. The molecule has 2 N–H and O–H groups in total. The summed E-state index contributed by atoms with van der Waals surface area (Å²) in [5, 5.41) is 7.60. The third kappa shape index (κ3) is 6.00. The van der Waals surface area contributed by atoms with Gasteiger partial charge in [0.2, 0.25) is 5.91 Å². The molecule has 128 valence electrons. The van der Waals surface area contributed by atoms with Gasteiger partial charge >= 0.3 is 6.09 Å². The molecular formula is C17H21N3O3S. The van der Waals surface area contributed by atoms with Crippen molar-refractivity contribution in [3.63, 3.8) is 0 Å². The van der Waals surface area contributed by atoms with Crippen LogP contribution in [0.4, 0.5) is 9.93 Å². The van der Waals surface area contributed by atoms with Gasteiger partial charge in [-0.1, -0.05) is 30.3 Å². The molecule has 0 saturated heterocycles. The highest BCUT2D eigenvalue weighted by molar-refractivity contribution is 7.13. The number of rotatable bonds is 5. The van der Waals surface area contributed by atoms with Gasteiger partial charge in [-0.25, -0.2) is 9.78 Å². The second-order valence-electron chi connectivity index (χ2n) is 6.22. The van der Waals surface area contributed by atoms with Crippen LogP contribution in [-0.2, 0) is 16.0 Å². The zero-order valence-electron chi connectivity index (χ0n) is 13.9. The molecule has 0 saturated carbocycles. The van der Waals surface area contributed by atoms with Gasteiger partial charge in [0, 0.05) is 18.0 Å². The van der Waals surface area contributed by atoms with Crippen molar-refractivity contribution in [3.05, 3.63) is 47.5 Å². The first kappa shape index (κ1) is 17.9. The Kier molecular flexibility index (Phi) is 5.92. The zero-order chi connectivity index (χ0) is 17.6. The fraction of sp³-hybridized carbons (Fsp3) is 0.353. The van der Waals surface area contributed by atoms with Crippen LogP contribution in [0, 0.1) is 0 Å². The number of hydrogen-bond acceptors (Lipinski definition) is 5. The molecule has 0 aliphatic heterocycles. The van der Waals surface area contributed by atoms with Crippen molar-refractivity contribution in [1.82, 2.24) is 10.3 Å². The molecular weight excluding hydrogens is 326 g/mol. The van der Waals surface area contributed by atoms with E-state index in [1.165, 1.54) is 11.3 Å². The molecule has 0 bridgehead atoms. The van der Waals surface area contributed by atoms with E-state index in [9.17, 15) is 9.59 Å². The van der Waals surface area contributed by atoms with E-state index in [1.54, 1.807) is 32.3 Å². The Bertz CT molecular complexity index is 666. The van der Waals surface area contributed by atoms with Crippen molar-refractivity contribution in [2.45, 2.75) is 38.8 Å². The minimum Gasteiger partial charge on any atom is -0.444 e. The van der Waals surface area contributed by atoms with Crippen LogP contribution in [0.1, 0.15) is 26.3 Å². The van der Waals surface area contributed by atoms with Gasteiger partial charge in [-0.15, -0.1) is 11.3 Å². The number of hydrogen-bond donors (Lipinski definition) is 2. The van der Waals surface area contributed by atoms with Crippen LogP contribution in [0.15, 0.2) is 41.9 Å². The topological polar surface area (TPSA) is 80.3 Å². The van der Waals surface area contributed by atoms with E-state index >= 15 is 0 Å². The first-order valence-corrected chi connectivity index (χ1v) is 8.45. The number of benzene rings is 1. The highest BCUT2D eigenvalue weighted by Gasteiger charge is 2.25. The van der Waals surface area contributed by atoms with Crippen molar-refractivity contribution >= 4 is 28.5 Å². The van der Waals surface area contributed by atoms with Gasteiger partial charge in [0.1, 0.15) is 11.6 Å². The molecule has 6 nitrogen and oxygen atoms in total. The maximum absolute atomic E-state index is 12.5. The van der Waals surface area contributed by atoms with E-state index in [0.717, 1.165) is 5.56 Å². The molecule has 1 aromatic carbocycles. The summed E-state index contributed by atoms with van der Waals surface area (Å²) < 4.78 is 5.25. The van der Waals surface area contributed by atoms with Gasteiger partial charge in [-0.2, -0.15) is 0 Å². The van der Waals surface area contributed by atoms with Crippen molar-refractivity contribution in [1.29, 1.82) is 0 Å². The Balaban J connectivity index is 2.08. The summed E-state index contributed by atoms with van der Waals surface area (Å²) in [7, 11) is 0. The number of amides is 2. The molecule has 2 amide bonds. The number of nitrogens with zero attached hydrogens (tertiary/aromatic N) is 1. The zero-order valence-corrected chi connectivity index (χ0v) is 14.7. The van der Waals surface area contributed by atoms with E-state index in [2.05, 4.69) is 15.6 Å². The Labute approximate surface area is 145 Å². The SMILES string of the molecule is CC(C)(C)OC(=O)N[C@@H](Cc1ccccc1)C(=O)Nc1nccs1. The van der Waals surface area contributed by atoms with E-state index in [1.807, 2.05) is 30.3 Å². The Hall–Kier alpha value is -2.41. The monoisotopic (exact) mass is 347 g/mol. The van der Waals surface area contributed by atoms with E-state index in [0.29, 0.717) is 11.6 Å². The molecule has 0 spiro atoms. The maximum atomic E-state index is 12.5. The number of alkyl carbamates (subject to hydrolysis) is 1. The molecule has 0 aliphatic carbocycles. The first-order chi connectivity index (χ1) is 11.3. The summed E-state index contributed by atoms with van der Waals surface area (Å²) in [6, 6.07) is 8.72. The van der Waals surface area contributed by atoms with Crippen LogP contribution >= 0.6 is 11.3 Å². The van der Waals surface area contributed by atoms with Crippen molar-refractivity contribution in [2.24, 2.45) is 0 Å². The van der Waals surface area contributed by atoms with Crippen LogP contribution in [0.5, 0.6) is 0 Å². The summed E-state index contributed by atoms with van der Waals surface area (Å²) in [5.41, 5.74) is 0.306. The number of nitrogens with one attached hydrogen (secondary N) is 2. The van der Waals surface area contributed by atoms with Crippen molar-refractivity contribution in [2.75, 3.05) is 5.32 Å². The molecule has 0 unspecified atom stereocenters. The van der Waals surface area contributed by atoms with Gasteiger partial charge in [-0.3, -0.25) is 4.79 Å². The van der Waals surface area contributed by atoms with Crippen LogP contribution < -0.4 is 10.6 Å². The molecule has 0 aliphatic rings. The first-order valence-electron chi connectivity index (χ1n) is 7.57. The highest BCUT2D eigenvalue weighted by atomic mass is 32.1. The van der Waals surface area contributed by atoms with Gasteiger partial charge in [0.15, 0.2) is 5.13 Å². The lowest BCUT2D eigenvalue weighted by Crippen LogP contribution is -2.47. The van der Waals surface area contributed by atoms with E-state index < -0.39 is 17.7 Å². The van der Waals surface area contributed by atoms with Gasteiger partial charge in [0.05, 0.1) is 0 Å². The molecule has 2 rings (SSSR count). The standard InChI is InChI=1S/C17H21N3O3S/c1-17(2,3)23-16(22)19-13(11-12-7-5-4-6-8-12)14(21)20-15-18-9-10-24-15/h4-10,13H,11H2,1-3H3,(H,19,22)(H,18,20,21)/t13-/m0/s1. The number of aromatic nitrogens is 1. The number of anilines is 1. The average Bonchev–Trinajstić information content (AvgIpc) is 2.98. The highest BCUT2D eigenvalue weighted by Crippen LogP contribution is 2.13. The van der Waals surface area contributed by atoms with Gasteiger partial charge in [0.25, 0.3) is 0 Å². The second-order valence-corrected chi connectivity index (χ2v) is 7.11. The van der Waals surface area contributed by atoms with Gasteiger partial charge in [-0.05, 0) is 26.3 Å².